The molecule has 2 aromatic carbocycles. The minimum atomic E-state index is -1.71. The number of amides is 1. The summed E-state index contributed by atoms with van der Waals surface area (Å²) in [5.41, 5.74) is 1.39. The summed E-state index contributed by atoms with van der Waals surface area (Å²) < 4.78 is 5.90. The Kier molecular flexibility index (Phi) is 5.91. The highest BCUT2D eigenvalue weighted by atomic mass is 35.5. The summed E-state index contributed by atoms with van der Waals surface area (Å²) in [6.45, 7) is 2.74. The second-order valence-corrected chi connectivity index (χ2v) is 10.0. The van der Waals surface area contributed by atoms with Gasteiger partial charge in [-0.3, -0.25) is 9.59 Å². The second-order valence-electron chi connectivity index (χ2n) is 9.18. The van der Waals surface area contributed by atoms with Gasteiger partial charge in [0.05, 0.1) is 11.1 Å². The van der Waals surface area contributed by atoms with E-state index in [9.17, 15) is 14.7 Å². The molecule has 1 aliphatic rings. The number of Topliss-reactive ketones (excluding diaryl/α,β-unsaturated/α-hetero) is 1. The van der Waals surface area contributed by atoms with Gasteiger partial charge in [-0.05, 0) is 56.5 Å². The molecule has 2 N–H and O–H groups in total. The van der Waals surface area contributed by atoms with Crippen LogP contribution in [0.1, 0.15) is 37.2 Å². The van der Waals surface area contributed by atoms with E-state index < -0.39 is 11.4 Å². The Labute approximate surface area is 211 Å². The minimum absolute atomic E-state index is 0.101. The molecule has 1 saturated carbocycles. The first-order chi connectivity index (χ1) is 16.6. The van der Waals surface area contributed by atoms with Crippen LogP contribution in [-0.2, 0) is 4.79 Å². The van der Waals surface area contributed by atoms with Gasteiger partial charge in [0.25, 0.3) is 0 Å². The predicted molar refractivity (Wildman–Crippen MR) is 137 cm³/mol. The number of hydrogen-bond acceptors (Lipinski definition) is 5. The number of aliphatic hydroxyl groups is 1. The predicted octanol–water partition coefficient (Wildman–Crippen LogP) is 6.77. The van der Waals surface area contributed by atoms with Crippen LogP contribution in [0.25, 0.3) is 33.5 Å². The summed E-state index contributed by atoms with van der Waals surface area (Å²) in [6.07, 6.45) is 1.59. The van der Waals surface area contributed by atoms with Gasteiger partial charge >= 0.3 is 0 Å². The van der Waals surface area contributed by atoms with Crippen molar-refractivity contribution < 1.29 is 19.1 Å². The summed E-state index contributed by atoms with van der Waals surface area (Å²) in [4.78, 5) is 30.5. The molecular weight excluding hydrogens is 487 g/mol. The van der Waals surface area contributed by atoms with E-state index in [4.69, 9.17) is 32.6 Å². The van der Waals surface area contributed by atoms with Crippen LogP contribution in [0.15, 0.2) is 59.0 Å². The summed E-state index contributed by atoms with van der Waals surface area (Å²) in [5.74, 6) is -1.10. The van der Waals surface area contributed by atoms with Crippen LogP contribution in [0.5, 0.6) is 0 Å². The van der Waals surface area contributed by atoms with Gasteiger partial charge in [-0.25, -0.2) is 4.98 Å². The molecule has 0 atom stereocenters. The van der Waals surface area contributed by atoms with Crippen molar-refractivity contribution in [2.75, 3.05) is 5.32 Å². The molecule has 178 valence electrons. The van der Waals surface area contributed by atoms with Crippen LogP contribution in [0.4, 0.5) is 5.69 Å². The van der Waals surface area contributed by atoms with E-state index in [1.807, 2.05) is 36.4 Å². The Balaban J connectivity index is 1.79. The van der Waals surface area contributed by atoms with Crippen LogP contribution in [0.3, 0.4) is 0 Å². The summed E-state index contributed by atoms with van der Waals surface area (Å²) in [6, 6.07) is 16.4. The summed E-state index contributed by atoms with van der Waals surface area (Å²) in [7, 11) is 0. The van der Waals surface area contributed by atoms with E-state index in [0.29, 0.717) is 32.3 Å². The number of pyridine rings is 1. The van der Waals surface area contributed by atoms with Crippen molar-refractivity contribution >= 4 is 51.7 Å². The molecule has 0 aliphatic heterocycles. The molecule has 6 nitrogen and oxygen atoms in total. The van der Waals surface area contributed by atoms with Crippen molar-refractivity contribution in [3.63, 3.8) is 0 Å². The number of carbonyl (C=O) groups is 2. The number of halogens is 2. The van der Waals surface area contributed by atoms with Crippen molar-refractivity contribution in [2.24, 2.45) is 5.92 Å². The first kappa shape index (κ1) is 23.5. The van der Waals surface area contributed by atoms with Crippen LogP contribution < -0.4 is 5.32 Å². The first-order valence-electron chi connectivity index (χ1n) is 11.2. The molecule has 1 amide bonds. The Hall–Kier alpha value is -3.19. The maximum Gasteiger partial charge on any atom is 0.231 e. The number of fused-ring (bicyclic) bond motifs is 1. The lowest BCUT2D eigenvalue weighted by Crippen LogP contribution is -2.31. The van der Waals surface area contributed by atoms with Crippen molar-refractivity contribution in [1.29, 1.82) is 0 Å². The van der Waals surface area contributed by atoms with Crippen molar-refractivity contribution in [3.05, 3.63) is 70.4 Å². The lowest BCUT2D eigenvalue weighted by molar-refractivity contribution is -0.117. The highest BCUT2D eigenvalue weighted by Gasteiger charge is 2.36. The van der Waals surface area contributed by atoms with E-state index in [0.717, 1.165) is 18.4 Å². The molecule has 35 heavy (non-hydrogen) atoms. The maximum atomic E-state index is 13.1. The number of carbonyl (C=O) groups excluding carboxylic acids is 2. The molecule has 0 radical (unpaired) electrons. The number of benzene rings is 2. The maximum absolute atomic E-state index is 13.1. The van der Waals surface area contributed by atoms with Crippen LogP contribution in [-0.4, -0.2) is 27.4 Å². The molecule has 0 unspecified atom stereocenters. The van der Waals surface area contributed by atoms with Crippen LogP contribution in [0, 0.1) is 5.92 Å². The van der Waals surface area contributed by atoms with Gasteiger partial charge in [-0.15, -0.1) is 0 Å². The number of furan rings is 1. The van der Waals surface area contributed by atoms with E-state index in [2.05, 4.69) is 5.32 Å². The Morgan fingerprint density at radius 3 is 2.37 bits per heavy atom. The highest BCUT2D eigenvalue weighted by molar-refractivity contribution is 6.33. The smallest absolute Gasteiger partial charge is 0.231 e. The normalized spacial score (nSPS) is 13.7. The zero-order chi connectivity index (χ0) is 24.9. The summed E-state index contributed by atoms with van der Waals surface area (Å²) in [5, 5.41) is 14.8. The molecular formula is C27H22Cl2N2O4. The van der Waals surface area contributed by atoms with Gasteiger partial charge in [0.2, 0.25) is 17.4 Å². The number of nitrogens with one attached hydrogen (secondary N) is 1. The topological polar surface area (TPSA) is 92.4 Å². The SMILES string of the molecule is CC(C)(O)C(=O)c1oc2nc(-c3ccccc3Cl)c(-c3ccc(Cl)cc3)cc2c1NC(=O)C1CC1. The van der Waals surface area contributed by atoms with Gasteiger partial charge in [-0.1, -0.05) is 53.5 Å². The Morgan fingerprint density at radius 1 is 1.06 bits per heavy atom. The molecule has 8 heteroatoms. The van der Waals surface area contributed by atoms with Crippen LogP contribution >= 0.6 is 23.2 Å². The molecule has 0 spiro atoms. The largest absolute Gasteiger partial charge is 0.432 e. The first-order valence-corrected chi connectivity index (χ1v) is 12.0. The fourth-order valence-electron chi connectivity index (χ4n) is 3.86. The lowest BCUT2D eigenvalue weighted by atomic mass is 9.97. The van der Waals surface area contributed by atoms with Crippen molar-refractivity contribution in [2.45, 2.75) is 32.3 Å². The van der Waals surface area contributed by atoms with Crippen molar-refractivity contribution in [1.82, 2.24) is 4.98 Å². The number of aromatic nitrogens is 1. The van der Waals surface area contributed by atoms with Crippen molar-refractivity contribution in [3.8, 4) is 22.4 Å². The molecule has 2 heterocycles. The molecule has 1 aliphatic carbocycles. The average molecular weight is 509 g/mol. The minimum Gasteiger partial charge on any atom is -0.432 e. The van der Waals surface area contributed by atoms with E-state index in [1.165, 1.54) is 13.8 Å². The highest BCUT2D eigenvalue weighted by Crippen LogP contribution is 2.42. The third-order valence-corrected chi connectivity index (χ3v) is 6.51. The fraction of sp³-hybridized carbons (Fsp3) is 0.222. The lowest BCUT2D eigenvalue weighted by Gasteiger charge is -2.14. The number of anilines is 1. The molecule has 2 aromatic heterocycles. The second kappa shape index (κ2) is 8.79. The van der Waals surface area contributed by atoms with Gasteiger partial charge in [0.15, 0.2) is 5.76 Å². The van der Waals surface area contributed by atoms with Gasteiger partial charge in [-0.2, -0.15) is 0 Å². The molecule has 5 rings (SSSR count). The van der Waals surface area contributed by atoms with E-state index in [-0.39, 0.29) is 29.0 Å². The zero-order valence-corrected chi connectivity index (χ0v) is 20.6. The standard InChI is InChI=1S/C27H22Cl2N2O4/c1-27(2,34)24(32)23-22(30-25(33)15-7-8-15)19-13-18(14-9-11-16(28)12-10-14)21(31-26(19)35-23)17-5-3-4-6-20(17)29/h3-6,9-13,15,34H,7-8H2,1-2H3,(H,30,33). The average Bonchev–Trinajstić information content (AvgIpc) is 3.61. The zero-order valence-electron chi connectivity index (χ0n) is 19.1. The number of hydrogen-bond donors (Lipinski definition) is 2. The quantitative estimate of drug-likeness (QED) is 0.280. The Bertz CT molecular complexity index is 1470. The van der Waals surface area contributed by atoms with E-state index in [1.54, 1.807) is 18.2 Å². The third kappa shape index (κ3) is 4.57. The third-order valence-electron chi connectivity index (χ3n) is 5.93. The number of nitrogens with zero attached hydrogens (tertiary/aromatic N) is 1. The molecule has 4 aromatic rings. The monoisotopic (exact) mass is 508 g/mol. The van der Waals surface area contributed by atoms with Gasteiger partial charge < -0.3 is 14.8 Å². The molecule has 1 fully saturated rings. The van der Waals surface area contributed by atoms with Gasteiger partial charge in [0.1, 0.15) is 11.3 Å². The Morgan fingerprint density at radius 2 is 1.74 bits per heavy atom. The number of ketones is 1. The van der Waals surface area contributed by atoms with Gasteiger partial charge in [0, 0.05) is 27.1 Å². The fourth-order valence-corrected chi connectivity index (χ4v) is 4.22. The number of rotatable bonds is 6. The molecule has 0 saturated heterocycles. The molecule has 0 bridgehead atoms. The summed E-state index contributed by atoms with van der Waals surface area (Å²) >= 11 is 12.6. The van der Waals surface area contributed by atoms with Crippen LogP contribution in [0.2, 0.25) is 10.0 Å². The van der Waals surface area contributed by atoms with E-state index >= 15 is 0 Å².